The summed E-state index contributed by atoms with van der Waals surface area (Å²) < 4.78 is 10.6. The Labute approximate surface area is 116 Å². The van der Waals surface area contributed by atoms with Gasteiger partial charge in [-0.3, -0.25) is 4.79 Å². The fraction of sp³-hybridized carbons (Fsp3) is 0.923. The van der Waals surface area contributed by atoms with Gasteiger partial charge in [-0.1, -0.05) is 0 Å². The van der Waals surface area contributed by atoms with Gasteiger partial charge in [-0.05, 0) is 13.8 Å². The number of amides is 1. The molecule has 0 aromatic carbocycles. The number of aliphatic hydroxyl groups excluding tert-OH is 1. The number of carbonyl (C=O) groups excluding carboxylic acids is 1. The third-order valence-corrected chi connectivity index (χ3v) is 2.38. The van der Waals surface area contributed by atoms with Crippen molar-refractivity contribution >= 4 is 5.91 Å². The monoisotopic (exact) mass is 276 g/mol. The average Bonchev–Trinajstić information content (AvgIpc) is 2.33. The van der Waals surface area contributed by atoms with Crippen LogP contribution >= 0.6 is 0 Å². The summed E-state index contributed by atoms with van der Waals surface area (Å²) >= 11 is 0. The Morgan fingerprint density at radius 1 is 1.32 bits per heavy atom. The van der Waals surface area contributed by atoms with E-state index in [-0.39, 0.29) is 18.6 Å². The Balaban J connectivity index is 3.35. The summed E-state index contributed by atoms with van der Waals surface area (Å²) in [6, 6.07) is 0. The molecule has 0 aliphatic heterocycles. The maximum absolute atomic E-state index is 11.3. The van der Waals surface area contributed by atoms with E-state index in [0.717, 1.165) is 0 Å². The summed E-state index contributed by atoms with van der Waals surface area (Å²) in [5, 5.41) is 12.6. The normalized spacial score (nSPS) is 12.7. The zero-order valence-corrected chi connectivity index (χ0v) is 12.5. The van der Waals surface area contributed by atoms with Crippen molar-refractivity contribution in [1.82, 2.24) is 10.2 Å². The predicted molar refractivity (Wildman–Crippen MR) is 74.1 cm³/mol. The highest BCUT2D eigenvalue weighted by atomic mass is 16.5. The van der Waals surface area contributed by atoms with E-state index in [1.54, 1.807) is 19.0 Å². The first kappa shape index (κ1) is 18.3. The van der Waals surface area contributed by atoms with Crippen molar-refractivity contribution in [2.75, 3.05) is 47.0 Å². The lowest BCUT2D eigenvalue weighted by Crippen LogP contribution is -2.33. The van der Waals surface area contributed by atoms with E-state index in [0.29, 0.717) is 32.7 Å². The molecule has 114 valence electrons. The molecule has 0 heterocycles. The van der Waals surface area contributed by atoms with Crippen molar-refractivity contribution in [3.8, 4) is 0 Å². The lowest BCUT2D eigenvalue weighted by molar-refractivity contribution is -0.128. The fourth-order valence-corrected chi connectivity index (χ4v) is 1.31. The van der Waals surface area contributed by atoms with Crippen LogP contribution in [-0.2, 0) is 14.3 Å². The number of aliphatic hydroxyl groups is 1. The molecule has 6 nitrogen and oxygen atoms in total. The van der Waals surface area contributed by atoms with Gasteiger partial charge in [0.25, 0.3) is 0 Å². The third kappa shape index (κ3) is 12.1. The fourth-order valence-electron chi connectivity index (χ4n) is 1.31. The van der Waals surface area contributed by atoms with Crippen LogP contribution < -0.4 is 5.32 Å². The molecule has 0 aliphatic rings. The molecule has 0 fully saturated rings. The van der Waals surface area contributed by atoms with Crippen molar-refractivity contribution in [2.45, 2.75) is 32.5 Å². The molecule has 0 aromatic rings. The first-order chi connectivity index (χ1) is 8.93. The molecule has 0 rings (SSSR count). The molecule has 0 saturated carbocycles. The Hall–Kier alpha value is -0.690. The Morgan fingerprint density at radius 3 is 2.58 bits per heavy atom. The first-order valence-corrected chi connectivity index (χ1v) is 6.71. The van der Waals surface area contributed by atoms with Crippen LogP contribution in [0.4, 0.5) is 0 Å². The molecule has 1 amide bonds. The van der Waals surface area contributed by atoms with Gasteiger partial charge in [-0.2, -0.15) is 0 Å². The van der Waals surface area contributed by atoms with Crippen molar-refractivity contribution in [1.29, 1.82) is 0 Å². The second kappa shape index (κ2) is 11.2. The highest BCUT2D eigenvalue weighted by Gasteiger charge is 2.06. The van der Waals surface area contributed by atoms with E-state index in [4.69, 9.17) is 9.47 Å². The number of hydrogen-bond acceptors (Lipinski definition) is 5. The molecule has 19 heavy (non-hydrogen) atoms. The van der Waals surface area contributed by atoms with Crippen LogP contribution in [0.5, 0.6) is 0 Å². The predicted octanol–water partition coefficient (Wildman–Crippen LogP) is -0.143. The van der Waals surface area contributed by atoms with Crippen LogP contribution in [0.3, 0.4) is 0 Å². The number of nitrogens with zero attached hydrogens (tertiary/aromatic N) is 1. The van der Waals surface area contributed by atoms with Gasteiger partial charge in [0.1, 0.15) is 0 Å². The first-order valence-electron chi connectivity index (χ1n) is 6.71. The summed E-state index contributed by atoms with van der Waals surface area (Å²) in [6.07, 6.45) is 0.0703. The van der Waals surface area contributed by atoms with Gasteiger partial charge < -0.3 is 24.8 Å². The molecular formula is C13H28N2O4. The molecule has 6 heteroatoms. The average molecular weight is 276 g/mol. The number of carbonyl (C=O) groups is 1. The highest BCUT2D eigenvalue weighted by Crippen LogP contribution is 1.90. The third-order valence-electron chi connectivity index (χ3n) is 2.38. The van der Waals surface area contributed by atoms with Crippen LogP contribution in [0.15, 0.2) is 0 Å². The van der Waals surface area contributed by atoms with E-state index >= 15 is 0 Å². The molecule has 1 atom stereocenters. The van der Waals surface area contributed by atoms with Crippen LogP contribution in [0.25, 0.3) is 0 Å². The number of rotatable bonds is 11. The minimum absolute atomic E-state index is 0.0732. The van der Waals surface area contributed by atoms with Gasteiger partial charge in [0.2, 0.25) is 5.91 Å². The SMILES string of the molecule is CC(C)OCCOCC(O)CNCCC(=O)N(C)C. The van der Waals surface area contributed by atoms with E-state index in [1.807, 2.05) is 13.8 Å². The van der Waals surface area contributed by atoms with E-state index < -0.39 is 6.10 Å². The Morgan fingerprint density at radius 2 is 2.00 bits per heavy atom. The Kier molecular flexibility index (Phi) is 10.8. The standard InChI is InChI=1S/C13H28N2O4/c1-11(2)19-8-7-18-10-12(16)9-14-6-5-13(17)15(3)4/h11-12,14,16H,5-10H2,1-4H3. The van der Waals surface area contributed by atoms with E-state index in [2.05, 4.69) is 5.32 Å². The molecule has 0 radical (unpaired) electrons. The quantitative estimate of drug-likeness (QED) is 0.514. The zero-order valence-electron chi connectivity index (χ0n) is 12.5. The van der Waals surface area contributed by atoms with Crippen molar-refractivity contribution in [3.63, 3.8) is 0 Å². The maximum atomic E-state index is 11.3. The summed E-state index contributed by atoms with van der Waals surface area (Å²) in [7, 11) is 3.45. The maximum Gasteiger partial charge on any atom is 0.223 e. The summed E-state index contributed by atoms with van der Waals surface area (Å²) in [5.74, 6) is 0.0732. The lowest BCUT2D eigenvalue weighted by Gasteiger charge is -2.14. The molecule has 0 aliphatic carbocycles. The molecule has 2 N–H and O–H groups in total. The smallest absolute Gasteiger partial charge is 0.223 e. The summed E-state index contributed by atoms with van der Waals surface area (Å²) in [4.78, 5) is 12.8. The van der Waals surface area contributed by atoms with Crippen LogP contribution in [0, 0.1) is 0 Å². The van der Waals surface area contributed by atoms with Crippen molar-refractivity contribution in [2.24, 2.45) is 0 Å². The molecular weight excluding hydrogens is 248 g/mol. The van der Waals surface area contributed by atoms with Gasteiger partial charge in [0.05, 0.1) is 32.0 Å². The minimum atomic E-state index is -0.562. The van der Waals surface area contributed by atoms with Gasteiger partial charge in [0, 0.05) is 33.6 Å². The largest absolute Gasteiger partial charge is 0.389 e. The number of ether oxygens (including phenoxy) is 2. The minimum Gasteiger partial charge on any atom is -0.389 e. The number of nitrogens with one attached hydrogen (secondary N) is 1. The molecule has 0 bridgehead atoms. The Bertz CT molecular complexity index is 235. The topological polar surface area (TPSA) is 71.0 Å². The number of hydrogen-bond donors (Lipinski definition) is 2. The second-order valence-electron chi connectivity index (χ2n) is 4.89. The molecule has 0 spiro atoms. The van der Waals surface area contributed by atoms with Crippen molar-refractivity contribution < 1.29 is 19.4 Å². The lowest BCUT2D eigenvalue weighted by atomic mass is 10.3. The van der Waals surface area contributed by atoms with Gasteiger partial charge >= 0.3 is 0 Å². The highest BCUT2D eigenvalue weighted by molar-refractivity contribution is 5.75. The van der Waals surface area contributed by atoms with Crippen LogP contribution in [0.1, 0.15) is 20.3 Å². The summed E-state index contributed by atoms with van der Waals surface area (Å²) in [5.41, 5.74) is 0. The van der Waals surface area contributed by atoms with Crippen LogP contribution in [0.2, 0.25) is 0 Å². The second-order valence-corrected chi connectivity index (χ2v) is 4.89. The zero-order chi connectivity index (χ0) is 14.7. The van der Waals surface area contributed by atoms with Gasteiger partial charge in [0.15, 0.2) is 0 Å². The molecule has 0 saturated heterocycles. The van der Waals surface area contributed by atoms with E-state index in [1.165, 1.54) is 0 Å². The summed E-state index contributed by atoms with van der Waals surface area (Å²) in [6.45, 7) is 6.21. The van der Waals surface area contributed by atoms with E-state index in [9.17, 15) is 9.90 Å². The van der Waals surface area contributed by atoms with Gasteiger partial charge in [-0.15, -0.1) is 0 Å². The van der Waals surface area contributed by atoms with Crippen molar-refractivity contribution in [3.05, 3.63) is 0 Å². The van der Waals surface area contributed by atoms with Gasteiger partial charge in [-0.25, -0.2) is 0 Å². The molecule has 1 unspecified atom stereocenters. The van der Waals surface area contributed by atoms with Crippen LogP contribution in [-0.4, -0.2) is 75.1 Å². The molecule has 0 aromatic heterocycles.